The average molecular weight is 216 g/mol. The van der Waals surface area contributed by atoms with E-state index in [1.807, 2.05) is 13.0 Å². The van der Waals surface area contributed by atoms with Crippen molar-refractivity contribution in [3.05, 3.63) is 27.7 Å². The summed E-state index contributed by atoms with van der Waals surface area (Å²) in [4.78, 5) is 0. The number of benzene rings is 1. The summed E-state index contributed by atoms with van der Waals surface area (Å²) in [7, 11) is 0. The van der Waals surface area contributed by atoms with Crippen LogP contribution in [0, 0.1) is 6.92 Å². The summed E-state index contributed by atoms with van der Waals surface area (Å²) in [5, 5.41) is 9.31. The molecule has 1 rings (SSSR count). The van der Waals surface area contributed by atoms with Gasteiger partial charge in [0.05, 0.1) is 0 Å². The number of halogens is 1. The fourth-order valence-electron chi connectivity index (χ4n) is 0.871. The van der Waals surface area contributed by atoms with E-state index in [4.69, 9.17) is 5.73 Å². The Balaban J connectivity index is 3.21. The van der Waals surface area contributed by atoms with Crippen LogP contribution in [-0.2, 0) is 6.54 Å². The Morgan fingerprint density at radius 3 is 2.73 bits per heavy atom. The van der Waals surface area contributed by atoms with Gasteiger partial charge in [-0.2, -0.15) is 0 Å². The highest BCUT2D eigenvalue weighted by molar-refractivity contribution is 9.10. The van der Waals surface area contributed by atoms with E-state index in [2.05, 4.69) is 15.9 Å². The van der Waals surface area contributed by atoms with Crippen LogP contribution < -0.4 is 5.73 Å². The first-order valence-electron chi connectivity index (χ1n) is 3.33. The monoisotopic (exact) mass is 215 g/mol. The Kier molecular flexibility index (Phi) is 2.52. The van der Waals surface area contributed by atoms with Crippen molar-refractivity contribution < 1.29 is 5.11 Å². The first-order valence-corrected chi connectivity index (χ1v) is 4.12. The van der Waals surface area contributed by atoms with Gasteiger partial charge in [-0.3, -0.25) is 0 Å². The number of nitrogens with two attached hydrogens (primary N) is 1. The molecule has 0 spiro atoms. The summed E-state index contributed by atoms with van der Waals surface area (Å²) in [5.41, 5.74) is 7.17. The van der Waals surface area contributed by atoms with Crippen LogP contribution in [0.2, 0.25) is 0 Å². The van der Waals surface area contributed by atoms with Crippen LogP contribution >= 0.6 is 15.9 Å². The highest BCUT2D eigenvalue weighted by atomic mass is 79.9. The summed E-state index contributed by atoms with van der Waals surface area (Å²) in [5.74, 6) is 0.271. The van der Waals surface area contributed by atoms with Gasteiger partial charge >= 0.3 is 0 Å². The van der Waals surface area contributed by atoms with E-state index in [1.54, 1.807) is 6.07 Å². The van der Waals surface area contributed by atoms with Crippen molar-refractivity contribution in [1.82, 2.24) is 0 Å². The van der Waals surface area contributed by atoms with Crippen LogP contribution in [0.1, 0.15) is 11.1 Å². The zero-order chi connectivity index (χ0) is 8.43. The highest BCUT2D eigenvalue weighted by Crippen LogP contribution is 2.25. The molecule has 60 valence electrons. The summed E-state index contributed by atoms with van der Waals surface area (Å²) in [6.07, 6.45) is 0. The molecule has 0 aliphatic rings. The van der Waals surface area contributed by atoms with Gasteiger partial charge in [-0.25, -0.2) is 0 Å². The van der Waals surface area contributed by atoms with E-state index in [-0.39, 0.29) is 5.75 Å². The SMILES string of the molecule is Cc1cc(O)c(CN)cc1Br. The minimum Gasteiger partial charge on any atom is -0.508 e. The Labute approximate surface area is 74.2 Å². The van der Waals surface area contributed by atoms with Crippen molar-refractivity contribution in [3.63, 3.8) is 0 Å². The van der Waals surface area contributed by atoms with Gasteiger partial charge in [0.25, 0.3) is 0 Å². The highest BCUT2D eigenvalue weighted by Gasteiger charge is 2.02. The zero-order valence-corrected chi connectivity index (χ0v) is 7.85. The third-order valence-corrected chi connectivity index (χ3v) is 2.43. The van der Waals surface area contributed by atoms with Crippen molar-refractivity contribution >= 4 is 15.9 Å². The van der Waals surface area contributed by atoms with Crippen LogP contribution in [0.4, 0.5) is 0 Å². The molecule has 1 aromatic rings. The molecule has 0 fully saturated rings. The molecule has 2 nitrogen and oxygen atoms in total. The summed E-state index contributed by atoms with van der Waals surface area (Å²) in [6, 6.07) is 3.54. The molecular formula is C8H10BrNO. The Hall–Kier alpha value is -0.540. The van der Waals surface area contributed by atoms with Gasteiger partial charge < -0.3 is 10.8 Å². The largest absolute Gasteiger partial charge is 0.508 e. The quantitative estimate of drug-likeness (QED) is 0.753. The molecule has 0 radical (unpaired) electrons. The lowest BCUT2D eigenvalue weighted by Crippen LogP contribution is -1.96. The summed E-state index contributed by atoms with van der Waals surface area (Å²) < 4.78 is 0.982. The molecule has 3 heteroatoms. The molecule has 0 amide bonds. The van der Waals surface area contributed by atoms with E-state index in [0.717, 1.165) is 15.6 Å². The second-order valence-corrected chi connectivity index (χ2v) is 3.29. The van der Waals surface area contributed by atoms with E-state index < -0.39 is 0 Å². The van der Waals surface area contributed by atoms with Gasteiger partial charge in [-0.05, 0) is 24.6 Å². The standard InChI is InChI=1S/C8H10BrNO/c1-5-2-8(11)6(4-10)3-7(5)9/h2-3,11H,4,10H2,1H3. The molecule has 11 heavy (non-hydrogen) atoms. The van der Waals surface area contributed by atoms with E-state index in [1.165, 1.54) is 0 Å². The van der Waals surface area contributed by atoms with Crippen LogP contribution in [0.5, 0.6) is 5.75 Å². The molecule has 0 saturated carbocycles. The van der Waals surface area contributed by atoms with Gasteiger partial charge in [-0.1, -0.05) is 15.9 Å². The van der Waals surface area contributed by atoms with Crippen molar-refractivity contribution in [2.24, 2.45) is 5.73 Å². The third-order valence-electron chi connectivity index (χ3n) is 1.58. The molecule has 1 aromatic carbocycles. The third kappa shape index (κ3) is 1.73. The predicted octanol–water partition coefficient (Wildman–Crippen LogP) is 1.92. The number of phenolic OH excluding ortho intramolecular Hbond substituents is 1. The number of phenols is 1. The number of aromatic hydroxyl groups is 1. The fraction of sp³-hybridized carbons (Fsp3) is 0.250. The topological polar surface area (TPSA) is 46.2 Å². The van der Waals surface area contributed by atoms with Crippen molar-refractivity contribution in [1.29, 1.82) is 0 Å². The van der Waals surface area contributed by atoms with E-state index in [0.29, 0.717) is 6.54 Å². The minimum absolute atomic E-state index is 0.271. The van der Waals surface area contributed by atoms with Gasteiger partial charge in [0, 0.05) is 16.6 Å². The van der Waals surface area contributed by atoms with E-state index >= 15 is 0 Å². The molecule has 0 aromatic heterocycles. The minimum atomic E-state index is 0.271. The number of hydrogen-bond acceptors (Lipinski definition) is 2. The molecule has 3 N–H and O–H groups in total. The first-order chi connectivity index (χ1) is 5.15. The molecule has 0 atom stereocenters. The second-order valence-electron chi connectivity index (χ2n) is 2.43. The summed E-state index contributed by atoms with van der Waals surface area (Å²) in [6.45, 7) is 2.29. The second kappa shape index (κ2) is 3.24. The average Bonchev–Trinajstić information content (AvgIpc) is 1.97. The molecule has 0 heterocycles. The fourth-order valence-corrected chi connectivity index (χ4v) is 1.26. The van der Waals surface area contributed by atoms with Gasteiger partial charge in [0.2, 0.25) is 0 Å². The van der Waals surface area contributed by atoms with Crippen molar-refractivity contribution in [3.8, 4) is 5.75 Å². The maximum atomic E-state index is 9.31. The van der Waals surface area contributed by atoms with Gasteiger partial charge in [0.15, 0.2) is 0 Å². The smallest absolute Gasteiger partial charge is 0.120 e. The molecule has 0 aliphatic carbocycles. The Morgan fingerprint density at radius 2 is 2.18 bits per heavy atom. The van der Waals surface area contributed by atoms with Gasteiger partial charge in [-0.15, -0.1) is 0 Å². The van der Waals surface area contributed by atoms with Crippen molar-refractivity contribution in [2.45, 2.75) is 13.5 Å². The molecule has 0 saturated heterocycles. The maximum Gasteiger partial charge on any atom is 0.120 e. The number of aryl methyl sites for hydroxylation is 1. The zero-order valence-electron chi connectivity index (χ0n) is 6.26. The number of hydrogen-bond donors (Lipinski definition) is 2. The normalized spacial score (nSPS) is 10.1. The van der Waals surface area contributed by atoms with Gasteiger partial charge in [0.1, 0.15) is 5.75 Å². The number of rotatable bonds is 1. The van der Waals surface area contributed by atoms with Crippen LogP contribution in [-0.4, -0.2) is 5.11 Å². The molecule has 0 bridgehead atoms. The Morgan fingerprint density at radius 1 is 1.55 bits per heavy atom. The lowest BCUT2D eigenvalue weighted by molar-refractivity contribution is 0.468. The molecule has 0 unspecified atom stereocenters. The van der Waals surface area contributed by atoms with Crippen LogP contribution in [0.3, 0.4) is 0 Å². The maximum absolute atomic E-state index is 9.31. The van der Waals surface area contributed by atoms with E-state index in [9.17, 15) is 5.11 Å². The molecular weight excluding hydrogens is 206 g/mol. The van der Waals surface area contributed by atoms with Crippen molar-refractivity contribution in [2.75, 3.05) is 0 Å². The lowest BCUT2D eigenvalue weighted by Gasteiger charge is -2.04. The Bertz CT molecular complexity index is 273. The van der Waals surface area contributed by atoms with Crippen LogP contribution in [0.25, 0.3) is 0 Å². The summed E-state index contributed by atoms with van der Waals surface area (Å²) >= 11 is 3.35. The van der Waals surface area contributed by atoms with Crippen LogP contribution in [0.15, 0.2) is 16.6 Å². The first kappa shape index (κ1) is 8.56. The molecule has 0 aliphatic heterocycles. The lowest BCUT2D eigenvalue weighted by atomic mass is 10.1. The predicted molar refractivity (Wildman–Crippen MR) is 48.4 cm³/mol.